The van der Waals surface area contributed by atoms with Gasteiger partial charge in [0.15, 0.2) is 0 Å². The largest absolute Gasteiger partial charge is 0.480 e. The Labute approximate surface area is 105 Å². The summed E-state index contributed by atoms with van der Waals surface area (Å²) in [5, 5.41) is 11.0. The van der Waals surface area contributed by atoms with Gasteiger partial charge in [-0.3, -0.25) is 9.59 Å². The Hall–Kier alpha value is -1.89. The zero-order chi connectivity index (χ0) is 14.1. The SMILES string of the molecule is C=C(C)C(=O)OCCNC(=O)CC[C@H](N)C(=O)O. The Kier molecular flexibility index (Phi) is 7.37. The minimum atomic E-state index is -1.14. The number of hydrogen-bond acceptors (Lipinski definition) is 5. The topological polar surface area (TPSA) is 119 Å². The van der Waals surface area contributed by atoms with Crippen LogP contribution in [-0.2, 0) is 19.1 Å². The number of nitrogens with one attached hydrogen (secondary N) is 1. The van der Waals surface area contributed by atoms with Crippen LogP contribution >= 0.6 is 0 Å². The molecular formula is C11H18N2O5. The van der Waals surface area contributed by atoms with Gasteiger partial charge in [-0.05, 0) is 13.3 Å². The van der Waals surface area contributed by atoms with E-state index in [-0.39, 0.29) is 37.5 Å². The number of carboxylic acids is 1. The molecule has 0 spiro atoms. The molecule has 1 atom stereocenters. The first-order chi connectivity index (χ1) is 8.34. The summed E-state index contributed by atoms with van der Waals surface area (Å²) in [6, 6.07) is -1.04. The summed E-state index contributed by atoms with van der Waals surface area (Å²) in [5.41, 5.74) is 5.52. The monoisotopic (exact) mass is 258 g/mol. The standard InChI is InChI=1S/C11H18N2O5/c1-7(2)11(17)18-6-5-13-9(14)4-3-8(12)10(15)16/h8H,1,3-6,12H2,2H3,(H,13,14)(H,15,16)/t8-/m0/s1. The quantitative estimate of drug-likeness (QED) is 0.304. The highest BCUT2D eigenvalue weighted by atomic mass is 16.5. The number of carbonyl (C=O) groups is 3. The summed E-state index contributed by atoms with van der Waals surface area (Å²) in [5.74, 6) is -1.99. The van der Waals surface area contributed by atoms with Crippen LogP contribution in [0.3, 0.4) is 0 Å². The molecule has 0 aliphatic carbocycles. The molecule has 7 nitrogen and oxygen atoms in total. The van der Waals surface area contributed by atoms with E-state index in [1.165, 1.54) is 6.92 Å². The molecule has 7 heteroatoms. The van der Waals surface area contributed by atoms with Crippen LogP contribution in [0.1, 0.15) is 19.8 Å². The Morgan fingerprint density at radius 1 is 1.44 bits per heavy atom. The van der Waals surface area contributed by atoms with E-state index in [0.29, 0.717) is 0 Å². The Morgan fingerprint density at radius 3 is 2.56 bits per heavy atom. The van der Waals surface area contributed by atoms with E-state index in [9.17, 15) is 14.4 Å². The number of carboxylic acid groups (broad SMARTS) is 1. The molecule has 0 radical (unpaired) electrons. The third-order valence-corrected chi connectivity index (χ3v) is 2.01. The Morgan fingerprint density at radius 2 is 2.06 bits per heavy atom. The molecule has 0 aromatic rings. The van der Waals surface area contributed by atoms with E-state index >= 15 is 0 Å². The van der Waals surface area contributed by atoms with E-state index in [2.05, 4.69) is 11.9 Å². The second kappa shape index (κ2) is 8.24. The van der Waals surface area contributed by atoms with Crippen LogP contribution in [0.25, 0.3) is 0 Å². The number of nitrogens with two attached hydrogens (primary N) is 1. The Balaban J connectivity index is 3.63. The van der Waals surface area contributed by atoms with Gasteiger partial charge in [0.25, 0.3) is 0 Å². The zero-order valence-corrected chi connectivity index (χ0v) is 10.3. The van der Waals surface area contributed by atoms with Gasteiger partial charge in [0, 0.05) is 12.0 Å². The van der Waals surface area contributed by atoms with Crippen LogP contribution in [0.4, 0.5) is 0 Å². The lowest BCUT2D eigenvalue weighted by Crippen LogP contribution is -2.33. The number of rotatable bonds is 8. The molecule has 0 rings (SSSR count). The minimum absolute atomic E-state index is 0.0158. The van der Waals surface area contributed by atoms with Crippen molar-refractivity contribution in [3.8, 4) is 0 Å². The van der Waals surface area contributed by atoms with E-state index in [0.717, 1.165) is 0 Å². The maximum Gasteiger partial charge on any atom is 0.333 e. The average molecular weight is 258 g/mol. The number of carbonyl (C=O) groups excluding carboxylic acids is 2. The molecule has 0 fully saturated rings. The molecule has 0 aromatic heterocycles. The molecule has 0 saturated carbocycles. The van der Waals surface area contributed by atoms with Crippen LogP contribution in [0.15, 0.2) is 12.2 Å². The molecular weight excluding hydrogens is 240 g/mol. The normalized spacial score (nSPS) is 11.4. The second-order valence-electron chi connectivity index (χ2n) is 3.75. The van der Waals surface area contributed by atoms with Crippen molar-refractivity contribution < 1.29 is 24.2 Å². The predicted octanol–water partition coefficient (Wildman–Crippen LogP) is -0.586. The first kappa shape index (κ1) is 16.1. The van der Waals surface area contributed by atoms with Crippen LogP contribution in [0, 0.1) is 0 Å². The minimum Gasteiger partial charge on any atom is -0.480 e. The van der Waals surface area contributed by atoms with Gasteiger partial charge in [-0.2, -0.15) is 0 Å². The van der Waals surface area contributed by atoms with Gasteiger partial charge in [-0.15, -0.1) is 0 Å². The summed E-state index contributed by atoms with van der Waals surface area (Å²) >= 11 is 0. The fourth-order valence-electron chi connectivity index (χ4n) is 0.956. The van der Waals surface area contributed by atoms with E-state index in [1.54, 1.807) is 0 Å². The summed E-state index contributed by atoms with van der Waals surface area (Å²) in [6.07, 6.45) is 0.0780. The number of hydrogen-bond donors (Lipinski definition) is 3. The summed E-state index contributed by atoms with van der Waals surface area (Å²) in [4.78, 5) is 32.6. The molecule has 0 heterocycles. The van der Waals surface area contributed by atoms with Crippen molar-refractivity contribution in [1.29, 1.82) is 0 Å². The molecule has 0 aromatic carbocycles. The maximum atomic E-state index is 11.2. The second-order valence-corrected chi connectivity index (χ2v) is 3.75. The van der Waals surface area contributed by atoms with E-state index < -0.39 is 18.0 Å². The number of amides is 1. The van der Waals surface area contributed by atoms with Gasteiger partial charge in [0.05, 0.1) is 6.54 Å². The fourth-order valence-corrected chi connectivity index (χ4v) is 0.956. The molecule has 102 valence electrons. The highest BCUT2D eigenvalue weighted by Gasteiger charge is 2.13. The summed E-state index contributed by atoms with van der Waals surface area (Å²) < 4.78 is 4.75. The first-order valence-electron chi connectivity index (χ1n) is 5.42. The van der Waals surface area contributed by atoms with Gasteiger partial charge in [-0.25, -0.2) is 4.79 Å². The van der Waals surface area contributed by atoms with Crippen molar-refractivity contribution in [1.82, 2.24) is 5.32 Å². The number of esters is 1. The summed E-state index contributed by atoms with van der Waals surface area (Å²) in [7, 11) is 0. The zero-order valence-electron chi connectivity index (χ0n) is 10.3. The van der Waals surface area contributed by atoms with Crippen molar-refractivity contribution in [3.63, 3.8) is 0 Å². The highest BCUT2D eigenvalue weighted by molar-refractivity contribution is 5.86. The average Bonchev–Trinajstić information content (AvgIpc) is 2.30. The lowest BCUT2D eigenvalue weighted by molar-refractivity contribution is -0.140. The highest BCUT2D eigenvalue weighted by Crippen LogP contribution is 1.95. The first-order valence-corrected chi connectivity index (χ1v) is 5.42. The molecule has 0 aliphatic heterocycles. The molecule has 4 N–H and O–H groups in total. The smallest absolute Gasteiger partial charge is 0.333 e. The van der Waals surface area contributed by atoms with Gasteiger partial charge in [0.1, 0.15) is 12.6 Å². The molecule has 1 amide bonds. The van der Waals surface area contributed by atoms with Gasteiger partial charge >= 0.3 is 11.9 Å². The van der Waals surface area contributed by atoms with Gasteiger partial charge < -0.3 is 20.9 Å². The Bertz CT molecular complexity index is 340. The summed E-state index contributed by atoms with van der Waals surface area (Å²) in [6.45, 7) is 5.14. The van der Waals surface area contributed by atoms with Crippen molar-refractivity contribution in [2.45, 2.75) is 25.8 Å². The van der Waals surface area contributed by atoms with Crippen LogP contribution in [0.2, 0.25) is 0 Å². The number of aliphatic carboxylic acids is 1. The van der Waals surface area contributed by atoms with E-state index in [4.69, 9.17) is 15.6 Å². The van der Waals surface area contributed by atoms with Crippen LogP contribution in [0.5, 0.6) is 0 Å². The van der Waals surface area contributed by atoms with Gasteiger partial charge in [0.2, 0.25) is 5.91 Å². The lowest BCUT2D eigenvalue weighted by Gasteiger charge is -2.08. The third kappa shape index (κ3) is 7.39. The molecule has 0 aliphatic rings. The fraction of sp³-hybridized carbons (Fsp3) is 0.545. The van der Waals surface area contributed by atoms with Crippen LogP contribution < -0.4 is 11.1 Å². The van der Waals surface area contributed by atoms with Gasteiger partial charge in [-0.1, -0.05) is 6.58 Å². The van der Waals surface area contributed by atoms with Crippen molar-refractivity contribution in [2.75, 3.05) is 13.2 Å². The molecule has 0 saturated heterocycles. The van der Waals surface area contributed by atoms with Crippen molar-refractivity contribution in [3.05, 3.63) is 12.2 Å². The molecule has 18 heavy (non-hydrogen) atoms. The van der Waals surface area contributed by atoms with Crippen LogP contribution in [-0.4, -0.2) is 42.1 Å². The predicted molar refractivity (Wildman–Crippen MR) is 63.6 cm³/mol. The van der Waals surface area contributed by atoms with E-state index in [1.807, 2.05) is 0 Å². The number of ether oxygens (including phenoxy) is 1. The van der Waals surface area contributed by atoms with Crippen molar-refractivity contribution >= 4 is 17.8 Å². The maximum absolute atomic E-state index is 11.2. The molecule has 0 unspecified atom stereocenters. The third-order valence-electron chi connectivity index (χ3n) is 2.01. The lowest BCUT2D eigenvalue weighted by atomic mass is 10.1. The van der Waals surface area contributed by atoms with Crippen molar-refractivity contribution in [2.24, 2.45) is 5.73 Å². The molecule has 0 bridgehead atoms.